The van der Waals surface area contributed by atoms with E-state index in [9.17, 15) is 9.36 Å². The quantitative estimate of drug-likeness (QED) is 0.623. The fourth-order valence-electron chi connectivity index (χ4n) is 0.892. The van der Waals surface area contributed by atoms with Crippen molar-refractivity contribution in [3.8, 4) is 5.75 Å². The Labute approximate surface area is 96.1 Å². The Bertz CT molecular complexity index is 398. The number of carbonyl (C=O) groups excluding carboxylic acids is 1. The third-order valence-electron chi connectivity index (χ3n) is 1.49. The number of hydrogen-bond donors (Lipinski definition) is 0. The SMILES string of the molecule is COC(=O)c1ccc(OP(=O)(Cl)Cl)cc1. The van der Waals surface area contributed by atoms with Crippen molar-refractivity contribution in [1.82, 2.24) is 0 Å². The predicted octanol–water partition coefficient (Wildman–Crippen LogP) is 3.44. The van der Waals surface area contributed by atoms with Gasteiger partial charge in [0.1, 0.15) is 5.75 Å². The summed E-state index contributed by atoms with van der Waals surface area (Å²) in [5.41, 5.74) is 0.351. The van der Waals surface area contributed by atoms with Crippen molar-refractivity contribution in [3.05, 3.63) is 29.8 Å². The molecule has 0 saturated heterocycles. The third-order valence-corrected chi connectivity index (χ3v) is 2.32. The standard InChI is InChI=1S/C8H7Cl2O4P/c1-13-8(11)6-2-4-7(5-3-6)14-15(9,10)12/h2-5H,1H3. The molecular formula is C8H7Cl2O4P. The van der Waals surface area contributed by atoms with Gasteiger partial charge in [-0.2, -0.15) is 0 Å². The Balaban J connectivity index is 2.81. The van der Waals surface area contributed by atoms with E-state index in [-0.39, 0.29) is 5.75 Å². The van der Waals surface area contributed by atoms with E-state index >= 15 is 0 Å². The number of rotatable bonds is 3. The molecule has 0 radical (unpaired) electrons. The van der Waals surface area contributed by atoms with E-state index in [1.165, 1.54) is 31.4 Å². The summed E-state index contributed by atoms with van der Waals surface area (Å²) in [5.74, 6) is -0.252. The minimum atomic E-state index is -3.61. The van der Waals surface area contributed by atoms with Crippen LogP contribution in [0.4, 0.5) is 0 Å². The molecular weight excluding hydrogens is 262 g/mol. The summed E-state index contributed by atoms with van der Waals surface area (Å²) in [4.78, 5) is 11.0. The van der Waals surface area contributed by atoms with Crippen LogP contribution in [0.1, 0.15) is 10.4 Å². The molecule has 15 heavy (non-hydrogen) atoms. The van der Waals surface area contributed by atoms with Gasteiger partial charge in [-0.3, -0.25) is 0 Å². The molecule has 0 amide bonds. The minimum absolute atomic E-state index is 0.219. The molecule has 0 saturated carbocycles. The van der Waals surface area contributed by atoms with E-state index in [0.717, 1.165) is 0 Å². The smallest absolute Gasteiger partial charge is 0.428 e. The molecule has 4 nitrogen and oxygen atoms in total. The molecule has 0 aliphatic carbocycles. The van der Waals surface area contributed by atoms with Crippen molar-refractivity contribution in [2.75, 3.05) is 7.11 Å². The molecule has 1 rings (SSSR count). The van der Waals surface area contributed by atoms with Crippen LogP contribution < -0.4 is 4.52 Å². The maximum Gasteiger partial charge on any atom is 0.428 e. The summed E-state index contributed by atoms with van der Waals surface area (Å²) in [6, 6.07) is 5.74. The zero-order chi connectivity index (χ0) is 11.5. The van der Waals surface area contributed by atoms with Crippen LogP contribution in [0.15, 0.2) is 24.3 Å². The van der Waals surface area contributed by atoms with Gasteiger partial charge in [0, 0.05) is 22.5 Å². The van der Waals surface area contributed by atoms with Gasteiger partial charge >= 0.3 is 12.0 Å². The second-order valence-corrected chi connectivity index (χ2v) is 6.72. The second kappa shape index (κ2) is 4.88. The lowest BCUT2D eigenvalue weighted by atomic mass is 10.2. The van der Waals surface area contributed by atoms with Crippen molar-refractivity contribution >= 4 is 34.5 Å². The maximum atomic E-state index is 11.0. The fourth-order valence-corrected chi connectivity index (χ4v) is 1.74. The van der Waals surface area contributed by atoms with Gasteiger partial charge in [-0.05, 0) is 24.3 Å². The van der Waals surface area contributed by atoms with E-state index < -0.39 is 12.0 Å². The second-order valence-electron chi connectivity index (χ2n) is 2.52. The van der Waals surface area contributed by atoms with Crippen molar-refractivity contribution in [2.45, 2.75) is 0 Å². The molecule has 0 aliphatic heterocycles. The average Bonchev–Trinajstić information content (AvgIpc) is 2.15. The Morgan fingerprint density at radius 1 is 1.27 bits per heavy atom. The zero-order valence-corrected chi connectivity index (χ0v) is 10.1. The summed E-state index contributed by atoms with van der Waals surface area (Å²) in [5, 5.41) is 0. The van der Waals surface area contributed by atoms with Gasteiger partial charge in [0.15, 0.2) is 0 Å². The molecule has 1 aromatic rings. The third kappa shape index (κ3) is 4.12. The predicted molar refractivity (Wildman–Crippen MR) is 57.7 cm³/mol. The summed E-state index contributed by atoms with van der Waals surface area (Å²) in [6.45, 7) is 0. The molecule has 82 valence electrons. The number of halogens is 2. The molecule has 0 N–H and O–H groups in total. The first-order chi connectivity index (χ1) is 6.92. The summed E-state index contributed by atoms with van der Waals surface area (Å²) in [6.07, 6.45) is -3.61. The van der Waals surface area contributed by atoms with Crippen LogP contribution in [-0.2, 0) is 9.30 Å². The minimum Gasteiger partial charge on any atom is -0.465 e. The summed E-state index contributed by atoms with van der Waals surface area (Å²) in [7, 11) is 1.28. The Kier molecular flexibility index (Phi) is 4.03. The highest BCUT2D eigenvalue weighted by Crippen LogP contribution is 2.57. The van der Waals surface area contributed by atoms with Crippen LogP contribution >= 0.6 is 28.6 Å². The van der Waals surface area contributed by atoms with Crippen LogP contribution in [-0.4, -0.2) is 13.1 Å². The highest BCUT2D eigenvalue weighted by atomic mass is 35.9. The highest BCUT2D eigenvalue weighted by molar-refractivity contribution is 8.05. The fraction of sp³-hybridized carbons (Fsp3) is 0.125. The van der Waals surface area contributed by atoms with Gasteiger partial charge in [0.2, 0.25) is 0 Å². The molecule has 0 aromatic heterocycles. The number of ether oxygens (including phenoxy) is 1. The molecule has 0 fully saturated rings. The lowest BCUT2D eigenvalue weighted by Crippen LogP contribution is -2.00. The average molecular weight is 269 g/mol. The molecule has 7 heteroatoms. The lowest BCUT2D eigenvalue weighted by molar-refractivity contribution is 0.0601. The van der Waals surface area contributed by atoms with Crippen LogP contribution in [0.2, 0.25) is 0 Å². The van der Waals surface area contributed by atoms with Gasteiger partial charge in [0.05, 0.1) is 12.7 Å². The van der Waals surface area contributed by atoms with Crippen LogP contribution in [0.25, 0.3) is 0 Å². The van der Waals surface area contributed by atoms with Crippen molar-refractivity contribution < 1.29 is 18.6 Å². The largest absolute Gasteiger partial charge is 0.465 e. The zero-order valence-electron chi connectivity index (χ0n) is 7.65. The lowest BCUT2D eigenvalue weighted by Gasteiger charge is -2.06. The maximum absolute atomic E-state index is 11.0. The number of carbonyl (C=O) groups is 1. The van der Waals surface area contributed by atoms with Gasteiger partial charge < -0.3 is 9.26 Å². The number of hydrogen-bond acceptors (Lipinski definition) is 4. The summed E-state index contributed by atoms with van der Waals surface area (Å²) < 4.78 is 20.1. The van der Waals surface area contributed by atoms with Crippen LogP contribution in [0, 0.1) is 0 Å². The Hall–Kier alpha value is -0.700. The number of esters is 1. The van der Waals surface area contributed by atoms with Crippen molar-refractivity contribution in [2.24, 2.45) is 0 Å². The van der Waals surface area contributed by atoms with E-state index in [2.05, 4.69) is 4.74 Å². The first-order valence-corrected chi connectivity index (χ1v) is 7.23. The highest BCUT2D eigenvalue weighted by Gasteiger charge is 2.16. The van der Waals surface area contributed by atoms with E-state index in [0.29, 0.717) is 5.56 Å². The molecule has 0 unspecified atom stereocenters. The van der Waals surface area contributed by atoms with Gasteiger partial charge in [0.25, 0.3) is 0 Å². The van der Waals surface area contributed by atoms with E-state index in [1.807, 2.05) is 0 Å². The number of benzene rings is 1. The van der Waals surface area contributed by atoms with Crippen LogP contribution in [0.3, 0.4) is 0 Å². The molecule has 0 atom stereocenters. The Morgan fingerprint density at radius 2 is 1.80 bits per heavy atom. The van der Waals surface area contributed by atoms with Crippen molar-refractivity contribution in [1.29, 1.82) is 0 Å². The van der Waals surface area contributed by atoms with E-state index in [4.69, 9.17) is 27.0 Å². The van der Waals surface area contributed by atoms with Gasteiger partial charge in [-0.1, -0.05) is 0 Å². The monoisotopic (exact) mass is 268 g/mol. The first kappa shape index (κ1) is 12.4. The molecule has 0 spiro atoms. The summed E-state index contributed by atoms with van der Waals surface area (Å²) >= 11 is 10.4. The number of methoxy groups -OCH3 is 1. The first-order valence-electron chi connectivity index (χ1n) is 3.80. The normalized spacial score (nSPS) is 10.9. The van der Waals surface area contributed by atoms with Crippen molar-refractivity contribution in [3.63, 3.8) is 0 Å². The van der Waals surface area contributed by atoms with Gasteiger partial charge in [-0.15, -0.1) is 0 Å². The topological polar surface area (TPSA) is 52.6 Å². The Morgan fingerprint density at radius 3 is 2.20 bits per heavy atom. The van der Waals surface area contributed by atoms with E-state index in [1.54, 1.807) is 0 Å². The molecule has 0 heterocycles. The van der Waals surface area contributed by atoms with Gasteiger partial charge in [-0.25, -0.2) is 9.36 Å². The molecule has 0 aliphatic rings. The molecule has 1 aromatic carbocycles. The van der Waals surface area contributed by atoms with Crippen LogP contribution in [0.5, 0.6) is 5.75 Å². The molecule has 0 bridgehead atoms.